The number of hydrogen-bond acceptors (Lipinski definition) is 5. The third kappa shape index (κ3) is 4.54. The molecule has 0 radical (unpaired) electrons. The van der Waals surface area contributed by atoms with Gasteiger partial charge in [-0.3, -0.25) is 4.18 Å². The van der Waals surface area contributed by atoms with E-state index in [1.54, 1.807) is 33.3 Å². The molecule has 0 bridgehead atoms. The van der Waals surface area contributed by atoms with Gasteiger partial charge in [0.15, 0.2) is 11.5 Å². The highest BCUT2D eigenvalue weighted by Crippen LogP contribution is 2.28. The Labute approximate surface area is 108 Å². The molecule has 0 amide bonds. The largest absolute Gasteiger partial charge is 0.493 e. The molecule has 1 aromatic rings. The van der Waals surface area contributed by atoms with Crippen LogP contribution in [0.4, 0.5) is 0 Å². The molecule has 0 aliphatic rings. The lowest BCUT2D eigenvalue weighted by Gasteiger charge is -2.13. The van der Waals surface area contributed by atoms with Gasteiger partial charge in [-0.1, -0.05) is 6.07 Å². The molecule has 0 aliphatic carbocycles. The molecule has 5 nitrogen and oxygen atoms in total. The summed E-state index contributed by atoms with van der Waals surface area (Å²) in [6, 6.07) is 5.44. The lowest BCUT2D eigenvalue weighted by molar-refractivity contribution is 0.231. The zero-order valence-electron chi connectivity index (χ0n) is 11.0. The number of methoxy groups -OCH3 is 2. The zero-order chi connectivity index (χ0) is 13.8. The van der Waals surface area contributed by atoms with Gasteiger partial charge >= 0.3 is 0 Å². The lowest BCUT2D eigenvalue weighted by atomic mass is 10.1. The number of hydrogen-bond donors (Lipinski definition) is 0. The molecular formula is C12H18O5S. The average molecular weight is 274 g/mol. The third-order valence-electron chi connectivity index (χ3n) is 2.31. The highest BCUT2D eigenvalue weighted by atomic mass is 32.2. The highest BCUT2D eigenvalue weighted by molar-refractivity contribution is 7.86. The number of rotatable bonds is 6. The fourth-order valence-corrected chi connectivity index (χ4v) is 2.34. The van der Waals surface area contributed by atoms with E-state index in [0.717, 1.165) is 11.8 Å². The Hall–Kier alpha value is -1.27. The first kappa shape index (κ1) is 14.8. The van der Waals surface area contributed by atoms with Crippen LogP contribution in [0.3, 0.4) is 0 Å². The van der Waals surface area contributed by atoms with Crippen LogP contribution in [0.1, 0.15) is 12.5 Å². The normalized spacial score (nSPS) is 13.1. The summed E-state index contributed by atoms with van der Waals surface area (Å²) in [6.45, 7) is 1.71. The molecule has 18 heavy (non-hydrogen) atoms. The molecule has 0 aliphatic heterocycles. The molecule has 0 spiro atoms. The van der Waals surface area contributed by atoms with Gasteiger partial charge in [0.05, 0.1) is 26.6 Å². The summed E-state index contributed by atoms with van der Waals surface area (Å²) in [7, 11) is -0.312. The van der Waals surface area contributed by atoms with E-state index in [0.29, 0.717) is 17.9 Å². The highest BCUT2D eigenvalue weighted by Gasteiger charge is 2.12. The Morgan fingerprint density at radius 3 is 2.28 bits per heavy atom. The Kier molecular flexibility index (Phi) is 4.98. The molecule has 102 valence electrons. The van der Waals surface area contributed by atoms with E-state index >= 15 is 0 Å². The van der Waals surface area contributed by atoms with Crippen LogP contribution >= 0.6 is 0 Å². The van der Waals surface area contributed by atoms with Gasteiger partial charge in [0.25, 0.3) is 10.1 Å². The maximum Gasteiger partial charge on any atom is 0.264 e. The zero-order valence-corrected chi connectivity index (χ0v) is 11.8. The van der Waals surface area contributed by atoms with Crippen molar-refractivity contribution in [2.24, 2.45) is 0 Å². The average Bonchev–Trinajstić information content (AvgIpc) is 2.26. The van der Waals surface area contributed by atoms with Crippen LogP contribution in [-0.2, 0) is 20.7 Å². The minimum absolute atomic E-state index is 0.418. The smallest absolute Gasteiger partial charge is 0.264 e. The van der Waals surface area contributed by atoms with Gasteiger partial charge in [-0.2, -0.15) is 8.42 Å². The quantitative estimate of drug-likeness (QED) is 0.737. The van der Waals surface area contributed by atoms with Crippen LogP contribution in [0.15, 0.2) is 18.2 Å². The minimum atomic E-state index is -3.43. The summed E-state index contributed by atoms with van der Waals surface area (Å²) in [5, 5.41) is 0. The fraction of sp³-hybridized carbons (Fsp3) is 0.500. The Morgan fingerprint density at radius 2 is 1.78 bits per heavy atom. The summed E-state index contributed by atoms with van der Waals surface area (Å²) >= 11 is 0. The summed E-state index contributed by atoms with van der Waals surface area (Å²) in [4.78, 5) is 0. The van der Waals surface area contributed by atoms with Crippen LogP contribution in [0, 0.1) is 0 Å². The first-order chi connectivity index (χ1) is 8.35. The fourth-order valence-electron chi connectivity index (χ4n) is 1.67. The summed E-state index contributed by atoms with van der Waals surface area (Å²) in [5.74, 6) is 1.25. The van der Waals surface area contributed by atoms with Gasteiger partial charge in [0.2, 0.25) is 0 Å². The van der Waals surface area contributed by atoms with Gasteiger partial charge in [-0.15, -0.1) is 0 Å². The van der Waals surface area contributed by atoms with Gasteiger partial charge in [0.1, 0.15) is 0 Å². The van der Waals surface area contributed by atoms with Crippen molar-refractivity contribution in [1.82, 2.24) is 0 Å². The molecule has 1 rings (SSSR count). The van der Waals surface area contributed by atoms with Crippen molar-refractivity contribution < 1.29 is 22.1 Å². The molecule has 1 unspecified atom stereocenters. The molecule has 0 N–H and O–H groups in total. The summed E-state index contributed by atoms with van der Waals surface area (Å²) < 4.78 is 37.1. The van der Waals surface area contributed by atoms with Crippen molar-refractivity contribution in [2.45, 2.75) is 19.4 Å². The van der Waals surface area contributed by atoms with E-state index in [9.17, 15) is 8.42 Å². The van der Waals surface area contributed by atoms with Crippen molar-refractivity contribution in [2.75, 3.05) is 20.5 Å². The first-order valence-electron chi connectivity index (χ1n) is 5.45. The summed E-state index contributed by atoms with van der Waals surface area (Å²) in [6.07, 6.45) is 1.10. The Balaban J connectivity index is 2.79. The molecule has 0 aromatic heterocycles. The molecular weight excluding hydrogens is 256 g/mol. The van der Waals surface area contributed by atoms with Crippen LogP contribution in [0.5, 0.6) is 11.5 Å². The third-order valence-corrected chi connectivity index (χ3v) is 2.99. The van der Waals surface area contributed by atoms with Crippen molar-refractivity contribution >= 4 is 10.1 Å². The van der Waals surface area contributed by atoms with Crippen molar-refractivity contribution in [3.05, 3.63) is 23.8 Å². The van der Waals surface area contributed by atoms with E-state index in [1.165, 1.54) is 0 Å². The van der Waals surface area contributed by atoms with Gasteiger partial charge in [0, 0.05) is 0 Å². The Morgan fingerprint density at radius 1 is 1.17 bits per heavy atom. The second kappa shape index (κ2) is 6.06. The van der Waals surface area contributed by atoms with E-state index in [-0.39, 0.29) is 0 Å². The minimum Gasteiger partial charge on any atom is -0.493 e. The van der Waals surface area contributed by atoms with Crippen molar-refractivity contribution in [3.8, 4) is 11.5 Å². The number of benzene rings is 1. The van der Waals surface area contributed by atoms with Gasteiger partial charge in [-0.25, -0.2) is 0 Å². The van der Waals surface area contributed by atoms with Gasteiger partial charge in [-0.05, 0) is 31.0 Å². The molecule has 1 atom stereocenters. The monoisotopic (exact) mass is 274 g/mol. The second-order valence-electron chi connectivity index (χ2n) is 4.00. The molecule has 0 fully saturated rings. The predicted octanol–water partition coefficient (Wildman–Crippen LogP) is 1.61. The molecule has 1 aromatic carbocycles. The molecule has 6 heteroatoms. The SMILES string of the molecule is COc1ccc(CC(C)OS(C)(=O)=O)cc1OC. The number of ether oxygens (including phenoxy) is 2. The second-order valence-corrected chi connectivity index (χ2v) is 5.61. The van der Waals surface area contributed by atoms with Crippen molar-refractivity contribution in [1.29, 1.82) is 0 Å². The molecule has 0 heterocycles. The van der Waals surface area contributed by atoms with Crippen LogP contribution < -0.4 is 9.47 Å². The topological polar surface area (TPSA) is 61.8 Å². The van der Waals surface area contributed by atoms with Crippen LogP contribution in [0.2, 0.25) is 0 Å². The molecule has 0 saturated heterocycles. The van der Waals surface area contributed by atoms with Crippen LogP contribution in [0.25, 0.3) is 0 Å². The van der Waals surface area contributed by atoms with E-state index in [1.807, 2.05) is 6.07 Å². The van der Waals surface area contributed by atoms with Crippen molar-refractivity contribution in [3.63, 3.8) is 0 Å². The Bertz CT molecular complexity index is 495. The maximum atomic E-state index is 11.0. The molecule has 0 saturated carbocycles. The van der Waals surface area contributed by atoms with E-state index in [2.05, 4.69) is 0 Å². The lowest BCUT2D eigenvalue weighted by Crippen LogP contribution is -2.16. The summed E-state index contributed by atoms with van der Waals surface area (Å²) in [5.41, 5.74) is 0.920. The predicted molar refractivity (Wildman–Crippen MR) is 68.6 cm³/mol. The standard InChI is InChI=1S/C12H18O5S/c1-9(17-18(4,13)14)7-10-5-6-11(15-2)12(8-10)16-3/h5-6,8-9H,7H2,1-4H3. The van der Waals surface area contributed by atoms with E-state index < -0.39 is 16.2 Å². The maximum absolute atomic E-state index is 11.0. The van der Waals surface area contributed by atoms with Gasteiger partial charge < -0.3 is 9.47 Å². The first-order valence-corrected chi connectivity index (χ1v) is 7.26. The van der Waals surface area contributed by atoms with Crippen LogP contribution in [-0.4, -0.2) is 35.0 Å². The van der Waals surface area contributed by atoms with E-state index in [4.69, 9.17) is 13.7 Å².